The summed E-state index contributed by atoms with van der Waals surface area (Å²) in [5.74, 6) is 0.330. The molecule has 0 saturated carbocycles. The van der Waals surface area contributed by atoms with E-state index in [2.05, 4.69) is 148 Å². The summed E-state index contributed by atoms with van der Waals surface area (Å²) in [6.07, 6.45) is 14.6. The van der Waals surface area contributed by atoms with Crippen molar-refractivity contribution < 1.29 is 4.58 Å². The van der Waals surface area contributed by atoms with E-state index in [4.69, 9.17) is 11.6 Å². The summed E-state index contributed by atoms with van der Waals surface area (Å²) in [6.45, 7) is 7.07. The number of allylic oxidation sites excluding steroid dienone is 7. The number of rotatable bonds is 4. The number of anilines is 1. The van der Waals surface area contributed by atoms with E-state index in [0.29, 0.717) is 5.92 Å². The molecule has 2 heterocycles. The molecule has 2 nitrogen and oxygen atoms in total. The van der Waals surface area contributed by atoms with Gasteiger partial charge in [0, 0.05) is 40.9 Å². The summed E-state index contributed by atoms with van der Waals surface area (Å²) in [6, 6.07) is 26.8. The molecule has 0 fully saturated rings. The molecular weight excluding hydrogens is 544 g/mol. The van der Waals surface area contributed by atoms with Crippen molar-refractivity contribution in [3.8, 4) is 0 Å². The topological polar surface area (TPSA) is 6.25 Å². The maximum atomic E-state index is 7.09. The van der Waals surface area contributed by atoms with Crippen molar-refractivity contribution in [2.75, 3.05) is 19.0 Å². The molecule has 0 N–H and O–H groups in total. The maximum Gasteiger partial charge on any atom is 0.209 e. The van der Waals surface area contributed by atoms with Crippen LogP contribution in [0.5, 0.6) is 0 Å². The van der Waals surface area contributed by atoms with E-state index in [1.807, 2.05) is 0 Å². The molecule has 4 aromatic rings. The molecule has 2 aliphatic heterocycles. The van der Waals surface area contributed by atoms with Crippen LogP contribution in [0.2, 0.25) is 0 Å². The fourth-order valence-electron chi connectivity index (χ4n) is 7.92. The second-order valence-corrected chi connectivity index (χ2v) is 13.4. The smallest absolute Gasteiger partial charge is 0.209 e. The van der Waals surface area contributed by atoms with Crippen molar-refractivity contribution in [1.29, 1.82) is 0 Å². The third kappa shape index (κ3) is 4.50. The van der Waals surface area contributed by atoms with Gasteiger partial charge in [0.15, 0.2) is 5.71 Å². The van der Waals surface area contributed by atoms with E-state index in [1.54, 1.807) is 0 Å². The molecule has 0 bridgehead atoms. The van der Waals surface area contributed by atoms with Crippen LogP contribution in [-0.4, -0.2) is 30.4 Å². The minimum Gasteiger partial charge on any atom is -0.367 e. The molecule has 0 amide bonds. The number of nitrogens with zero attached hydrogens (tertiary/aromatic N) is 2. The van der Waals surface area contributed by atoms with Crippen molar-refractivity contribution in [3.63, 3.8) is 0 Å². The van der Waals surface area contributed by atoms with Crippen LogP contribution in [0.25, 0.3) is 21.5 Å². The Labute approximate surface area is 261 Å². The minimum absolute atomic E-state index is 0.00974. The summed E-state index contributed by atoms with van der Waals surface area (Å²) in [4.78, 5) is 2.43. The minimum atomic E-state index is -0.00974. The quantitative estimate of drug-likeness (QED) is 0.217. The first-order valence-electron chi connectivity index (χ1n) is 15.6. The third-order valence-corrected chi connectivity index (χ3v) is 10.6. The van der Waals surface area contributed by atoms with Crippen LogP contribution in [0.3, 0.4) is 0 Å². The average molecular weight is 584 g/mol. The largest absolute Gasteiger partial charge is 0.367 e. The molecule has 0 aromatic heterocycles. The van der Waals surface area contributed by atoms with Crippen LogP contribution < -0.4 is 4.90 Å². The first-order chi connectivity index (χ1) is 20.8. The molecule has 7 rings (SSSR count). The number of benzene rings is 4. The Morgan fingerprint density at radius 2 is 1.58 bits per heavy atom. The Morgan fingerprint density at radius 1 is 0.884 bits per heavy atom. The Hall–Kier alpha value is -3.88. The molecule has 0 spiro atoms. The maximum absolute atomic E-state index is 7.09. The molecule has 4 aromatic carbocycles. The van der Waals surface area contributed by atoms with Crippen LogP contribution in [0, 0.1) is 0 Å². The highest BCUT2D eigenvalue weighted by atomic mass is 35.5. The Kier molecular flexibility index (Phi) is 6.94. The number of likely N-dealkylation sites (N-methyl/N-ethyl adjacent to an activating group) is 1. The number of hydrogen-bond acceptors (Lipinski definition) is 1. The SMILES string of the molecule is CC1C(/C=C/C2=C(Cl)C(=C/C=C/C3N(C)c4ccc5ccccc5c4C3(C)C)/CCC2)=[N+](C)c2ccc3ccccc3c21. The van der Waals surface area contributed by atoms with Gasteiger partial charge < -0.3 is 4.90 Å². The van der Waals surface area contributed by atoms with E-state index in [0.717, 1.165) is 24.3 Å². The van der Waals surface area contributed by atoms with E-state index in [9.17, 15) is 0 Å². The Bertz CT molecular complexity index is 1930. The zero-order valence-corrected chi connectivity index (χ0v) is 26.6. The van der Waals surface area contributed by atoms with Gasteiger partial charge in [-0.3, -0.25) is 0 Å². The molecular formula is C40H40ClN2+. The van der Waals surface area contributed by atoms with Crippen molar-refractivity contribution >= 4 is 50.2 Å². The van der Waals surface area contributed by atoms with Crippen LogP contribution in [-0.2, 0) is 5.41 Å². The van der Waals surface area contributed by atoms with Crippen molar-refractivity contribution in [2.24, 2.45) is 0 Å². The lowest BCUT2D eigenvalue weighted by Gasteiger charge is -2.30. The monoisotopic (exact) mass is 583 g/mol. The highest BCUT2D eigenvalue weighted by Gasteiger charge is 2.42. The summed E-state index contributed by atoms with van der Waals surface area (Å²) in [7, 11) is 4.41. The molecule has 0 saturated heterocycles. The van der Waals surface area contributed by atoms with Gasteiger partial charge in [-0.1, -0.05) is 104 Å². The molecule has 2 unspecified atom stereocenters. The van der Waals surface area contributed by atoms with Gasteiger partial charge in [0.1, 0.15) is 7.05 Å². The Morgan fingerprint density at radius 3 is 2.37 bits per heavy atom. The first kappa shape index (κ1) is 27.9. The van der Waals surface area contributed by atoms with Crippen LogP contribution in [0.15, 0.2) is 119 Å². The normalized spacial score (nSPS) is 22.7. The highest BCUT2D eigenvalue weighted by Crippen LogP contribution is 2.48. The van der Waals surface area contributed by atoms with E-state index >= 15 is 0 Å². The molecule has 3 heteroatoms. The second kappa shape index (κ2) is 10.7. The summed E-state index contributed by atoms with van der Waals surface area (Å²) in [5.41, 5.74) is 9.27. The van der Waals surface area contributed by atoms with E-state index < -0.39 is 0 Å². The Balaban J connectivity index is 1.14. The average Bonchev–Trinajstić information content (AvgIpc) is 3.38. The fraction of sp³-hybridized carbons (Fsp3) is 0.275. The molecule has 43 heavy (non-hydrogen) atoms. The predicted molar refractivity (Wildman–Crippen MR) is 185 cm³/mol. The van der Waals surface area contributed by atoms with Gasteiger partial charge >= 0.3 is 0 Å². The molecule has 1 aliphatic carbocycles. The summed E-state index contributed by atoms with van der Waals surface area (Å²) < 4.78 is 2.35. The van der Waals surface area contributed by atoms with Gasteiger partial charge in [-0.25, -0.2) is 0 Å². The predicted octanol–water partition coefficient (Wildman–Crippen LogP) is 10.3. The van der Waals surface area contributed by atoms with Crippen molar-refractivity contribution in [3.05, 3.63) is 130 Å². The van der Waals surface area contributed by atoms with Crippen LogP contribution in [0.1, 0.15) is 57.1 Å². The number of fused-ring (bicyclic) bond motifs is 6. The lowest BCUT2D eigenvalue weighted by molar-refractivity contribution is -0.401. The van der Waals surface area contributed by atoms with Gasteiger partial charge in [0.05, 0.1) is 12.0 Å². The molecule has 0 radical (unpaired) electrons. The van der Waals surface area contributed by atoms with Gasteiger partial charge in [0.2, 0.25) is 5.69 Å². The summed E-state index contributed by atoms with van der Waals surface area (Å²) in [5, 5.41) is 6.23. The van der Waals surface area contributed by atoms with Gasteiger partial charge in [-0.15, -0.1) is 0 Å². The number of halogens is 1. The third-order valence-electron chi connectivity index (χ3n) is 10.2. The zero-order chi connectivity index (χ0) is 29.9. The first-order valence-corrected chi connectivity index (χ1v) is 16.0. The van der Waals surface area contributed by atoms with E-state index in [1.165, 1.54) is 60.9 Å². The van der Waals surface area contributed by atoms with Gasteiger partial charge in [-0.2, -0.15) is 4.58 Å². The second-order valence-electron chi connectivity index (χ2n) is 13.0. The lowest BCUT2D eigenvalue weighted by Crippen LogP contribution is -2.37. The van der Waals surface area contributed by atoms with Crippen molar-refractivity contribution in [1.82, 2.24) is 0 Å². The highest BCUT2D eigenvalue weighted by molar-refractivity contribution is 6.32. The zero-order valence-electron chi connectivity index (χ0n) is 25.9. The van der Waals surface area contributed by atoms with Crippen LogP contribution >= 0.6 is 11.6 Å². The van der Waals surface area contributed by atoms with E-state index in [-0.39, 0.29) is 11.5 Å². The standard InChI is InChI=1S/C40H40ClN2/c1-26-33(42(4)34-24-20-27-12-6-8-17-31(27)37(26)34)23-22-30-15-10-14-29(39(30)41)16-11-19-36-40(2,3)38-32-18-9-7-13-28(32)21-25-35(38)43(36)5/h6-9,11-13,16-26,36H,10,14-15H2,1-5H3/q+1/b19-11+,23-22+,29-16+. The molecule has 216 valence electrons. The molecule has 2 atom stereocenters. The van der Waals surface area contributed by atoms with Gasteiger partial charge in [0.25, 0.3) is 0 Å². The van der Waals surface area contributed by atoms with Crippen molar-refractivity contribution in [2.45, 2.75) is 57.4 Å². The van der Waals surface area contributed by atoms with Crippen LogP contribution in [0.4, 0.5) is 11.4 Å². The van der Waals surface area contributed by atoms with Gasteiger partial charge in [-0.05, 0) is 76.6 Å². The lowest BCUT2D eigenvalue weighted by atomic mass is 9.78. The fourth-order valence-corrected chi connectivity index (χ4v) is 8.23. The number of hydrogen-bond donors (Lipinski definition) is 0. The molecule has 3 aliphatic rings. The summed E-state index contributed by atoms with van der Waals surface area (Å²) >= 11 is 7.09.